The second-order valence-electron chi connectivity index (χ2n) is 7.06. The number of carboxylic acid groups (broad SMARTS) is 1. The van der Waals surface area contributed by atoms with Crippen LogP contribution in [0, 0.1) is 0 Å². The summed E-state index contributed by atoms with van der Waals surface area (Å²) in [6, 6.07) is 4.22. The number of thiol groups is 1. The third-order valence-electron chi connectivity index (χ3n) is 5.01. The number of β-lactam (4-membered cyclic amide) rings is 1. The molecule has 0 aliphatic carbocycles. The van der Waals surface area contributed by atoms with E-state index in [2.05, 4.69) is 33.5 Å². The van der Waals surface area contributed by atoms with Gasteiger partial charge in [-0.2, -0.15) is 12.6 Å². The van der Waals surface area contributed by atoms with Crippen LogP contribution >= 0.6 is 59.4 Å². The molecule has 3 atom stereocenters. The van der Waals surface area contributed by atoms with Crippen molar-refractivity contribution in [1.82, 2.24) is 30.4 Å². The van der Waals surface area contributed by atoms with Crippen LogP contribution in [0.2, 0.25) is 10.0 Å². The summed E-state index contributed by atoms with van der Waals surface area (Å²) >= 11 is 19.0. The molecular weight excluding hydrogens is 531 g/mol. The van der Waals surface area contributed by atoms with E-state index < -0.39 is 28.5 Å². The molecular formula is C18H16Cl2N6O4S3. The number of amides is 2. The van der Waals surface area contributed by atoms with Gasteiger partial charge >= 0.3 is 5.97 Å². The van der Waals surface area contributed by atoms with Gasteiger partial charge in [-0.15, -0.1) is 28.6 Å². The minimum Gasteiger partial charge on any atom is -0.477 e. The molecule has 10 nitrogen and oxygen atoms in total. The van der Waals surface area contributed by atoms with E-state index in [1.807, 2.05) is 0 Å². The maximum atomic E-state index is 12.8. The summed E-state index contributed by atoms with van der Waals surface area (Å²) in [6.07, 6.45) is 0. The summed E-state index contributed by atoms with van der Waals surface area (Å²) in [5.74, 6) is -1.38. The molecule has 2 aliphatic heterocycles. The van der Waals surface area contributed by atoms with Crippen molar-refractivity contribution in [2.75, 3.05) is 11.5 Å². The molecule has 0 bridgehead atoms. The predicted octanol–water partition coefficient (Wildman–Crippen LogP) is 2.02. The van der Waals surface area contributed by atoms with Gasteiger partial charge in [0.05, 0.1) is 21.0 Å². The topological polar surface area (TPSA) is 130 Å². The molecule has 3 unspecified atom stereocenters. The third-order valence-corrected chi connectivity index (χ3v) is 8.58. The van der Waals surface area contributed by atoms with Gasteiger partial charge in [-0.1, -0.05) is 23.2 Å². The van der Waals surface area contributed by atoms with Gasteiger partial charge in [0, 0.05) is 17.7 Å². The number of nitrogens with one attached hydrogen (secondary N) is 1. The van der Waals surface area contributed by atoms with Crippen LogP contribution < -0.4 is 5.32 Å². The Hall–Kier alpha value is -1.93. The van der Waals surface area contributed by atoms with Crippen LogP contribution in [0.5, 0.6) is 0 Å². The van der Waals surface area contributed by atoms with E-state index in [1.54, 1.807) is 25.2 Å². The van der Waals surface area contributed by atoms with Crippen LogP contribution in [0.1, 0.15) is 11.1 Å². The Morgan fingerprint density at radius 1 is 1.39 bits per heavy atom. The minimum absolute atomic E-state index is 0.0594. The lowest BCUT2D eigenvalue weighted by atomic mass is 10.0. The van der Waals surface area contributed by atoms with E-state index in [4.69, 9.17) is 23.2 Å². The molecule has 2 aliphatic rings. The van der Waals surface area contributed by atoms with E-state index in [0.29, 0.717) is 27.2 Å². The highest BCUT2D eigenvalue weighted by Gasteiger charge is 2.54. The summed E-state index contributed by atoms with van der Waals surface area (Å²) in [5, 5.41) is 23.3. The number of tetrazole rings is 1. The molecule has 1 aromatic heterocycles. The zero-order valence-electron chi connectivity index (χ0n) is 16.8. The van der Waals surface area contributed by atoms with Crippen molar-refractivity contribution in [2.45, 2.75) is 21.6 Å². The molecule has 174 valence electrons. The Bertz CT molecular complexity index is 1180. The summed E-state index contributed by atoms with van der Waals surface area (Å²) in [4.78, 5) is 39.2. The van der Waals surface area contributed by atoms with Gasteiger partial charge < -0.3 is 10.4 Å². The lowest BCUT2D eigenvalue weighted by Crippen LogP contribution is -2.70. The zero-order chi connectivity index (χ0) is 23.9. The van der Waals surface area contributed by atoms with E-state index >= 15 is 0 Å². The Labute approximate surface area is 211 Å². The highest BCUT2D eigenvalue weighted by atomic mass is 35.5. The second kappa shape index (κ2) is 9.74. The summed E-state index contributed by atoms with van der Waals surface area (Å²) in [5.41, 5.74) is 0.265. The molecule has 1 aromatic carbocycles. The molecule has 2 amide bonds. The largest absolute Gasteiger partial charge is 0.477 e. The SMILES string of the molecule is Cn1nnnc1C(S)C1=C(C(=O)O)N2C(=O)C(NC(=O)CSc3ccc(Cl)c(Cl)c3)C2SC1. The number of aryl methyl sites for hydroxylation is 1. The van der Waals surface area contributed by atoms with Gasteiger partial charge in [0.15, 0.2) is 5.82 Å². The number of halogens is 2. The highest BCUT2D eigenvalue weighted by Crippen LogP contribution is 2.44. The van der Waals surface area contributed by atoms with Gasteiger partial charge in [-0.3, -0.25) is 14.5 Å². The summed E-state index contributed by atoms with van der Waals surface area (Å²) in [6.45, 7) is 0. The van der Waals surface area contributed by atoms with Gasteiger partial charge in [0.25, 0.3) is 5.91 Å². The highest BCUT2D eigenvalue weighted by molar-refractivity contribution is 8.00. The Balaban J connectivity index is 1.44. The van der Waals surface area contributed by atoms with Crippen LogP contribution in [0.4, 0.5) is 0 Å². The first-order valence-electron chi connectivity index (χ1n) is 9.37. The third kappa shape index (κ3) is 4.69. The molecule has 0 spiro atoms. The van der Waals surface area contributed by atoms with Gasteiger partial charge in [-0.05, 0) is 34.2 Å². The fourth-order valence-electron chi connectivity index (χ4n) is 3.41. The summed E-state index contributed by atoms with van der Waals surface area (Å²) in [7, 11) is 1.62. The fourth-order valence-corrected chi connectivity index (χ4v) is 6.46. The van der Waals surface area contributed by atoms with Crippen molar-refractivity contribution in [3.63, 3.8) is 0 Å². The number of fused-ring (bicyclic) bond motifs is 1. The normalized spacial score (nSPS) is 20.8. The first kappa shape index (κ1) is 24.2. The van der Waals surface area contributed by atoms with Crippen molar-refractivity contribution < 1.29 is 19.5 Å². The number of carbonyl (C=O) groups excluding carboxylic acids is 2. The van der Waals surface area contributed by atoms with Crippen molar-refractivity contribution in [2.24, 2.45) is 7.05 Å². The Morgan fingerprint density at radius 2 is 2.15 bits per heavy atom. The van der Waals surface area contributed by atoms with Crippen LogP contribution in [0.25, 0.3) is 0 Å². The van der Waals surface area contributed by atoms with Crippen molar-refractivity contribution in [3.8, 4) is 0 Å². The fraction of sp³-hybridized carbons (Fsp3) is 0.333. The monoisotopic (exact) mass is 546 g/mol. The van der Waals surface area contributed by atoms with Crippen LogP contribution in [-0.4, -0.2) is 70.9 Å². The van der Waals surface area contributed by atoms with Crippen LogP contribution in [-0.2, 0) is 21.4 Å². The van der Waals surface area contributed by atoms with Crippen molar-refractivity contribution >= 4 is 77.1 Å². The number of carbonyl (C=O) groups is 3. The van der Waals surface area contributed by atoms with E-state index in [1.165, 1.54) is 33.1 Å². The summed E-state index contributed by atoms with van der Waals surface area (Å²) < 4.78 is 1.40. The average molecular weight is 547 g/mol. The number of aliphatic carboxylic acids is 1. The van der Waals surface area contributed by atoms with E-state index in [9.17, 15) is 19.5 Å². The molecule has 1 fully saturated rings. The van der Waals surface area contributed by atoms with Crippen molar-refractivity contribution in [1.29, 1.82) is 0 Å². The molecule has 3 heterocycles. The average Bonchev–Trinajstić information content (AvgIpc) is 3.22. The minimum atomic E-state index is -1.25. The number of thioether (sulfide) groups is 2. The number of nitrogens with zero attached hydrogens (tertiary/aromatic N) is 5. The zero-order valence-corrected chi connectivity index (χ0v) is 20.8. The lowest BCUT2D eigenvalue weighted by molar-refractivity contribution is -0.150. The van der Waals surface area contributed by atoms with E-state index in [-0.39, 0.29) is 17.4 Å². The first-order valence-corrected chi connectivity index (χ1v) is 12.7. The standard InChI is InChI=1S/C18H16Cl2N6O4S3/c1-25-15(22-23-24-25)14(31)8-5-33-17-12(16(28)26(17)13(8)18(29)30)21-11(27)6-32-7-2-3-9(19)10(20)4-7/h2-4,12,14,17,31H,5-6H2,1H3,(H,21,27)(H,29,30). The predicted molar refractivity (Wildman–Crippen MR) is 127 cm³/mol. The number of hydrogen-bond acceptors (Lipinski definition) is 9. The molecule has 15 heteroatoms. The molecule has 0 radical (unpaired) electrons. The Kier molecular flexibility index (Phi) is 7.15. The van der Waals surface area contributed by atoms with Crippen LogP contribution in [0.15, 0.2) is 34.4 Å². The number of carboxylic acids is 1. The maximum absolute atomic E-state index is 12.8. The maximum Gasteiger partial charge on any atom is 0.352 e. The van der Waals surface area contributed by atoms with Gasteiger partial charge in [0.2, 0.25) is 5.91 Å². The number of benzene rings is 1. The smallest absolute Gasteiger partial charge is 0.352 e. The molecule has 4 rings (SSSR count). The number of hydrogen-bond donors (Lipinski definition) is 3. The Morgan fingerprint density at radius 3 is 2.79 bits per heavy atom. The van der Waals surface area contributed by atoms with Crippen molar-refractivity contribution in [3.05, 3.63) is 45.3 Å². The second-order valence-corrected chi connectivity index (χ2v) is 10.5. The number of aromatic nitrogens is 4. The van der Waals surface area contributed by atoms with Gasteiger partial charge in [0.1, 0.15) is 17.1 Å². The van der Waals surface area contributed by atoms with E-state index in [0.717, 1.165) is 4.90 Å². The molecule has 2 aromatic rings. The molecule has 2 N–H and O–H groups in total. The van der Waals surface area contributed by atoms with Gasteiger partial charge in [-0.25, -0.2) is 9.48 Å². The quantitative estimate of drug-likeness (QED) is 0.271. The lowest BCUT2D eigenvalue weighted by Gasteiger charge is -2.49. The number of rotatable bonds is 7. The molecule has 33 heavy (non-hydrogen) atoms. The first-order chi connectivity index (χ1) is 15.7. The molecule has 1 saturated heterocycles. The van der Waals surface area contributed by atoms with Crippen LogP contribution in [0.3, 0.4) is 0 Å². The molecule has 0 saturated carbocycles.